The van der Waals surface area contributed by atoms with Crippen LogP contribution in [0.3, 0.4) is 0 Å². The topological polar surface area (TPSA) is 103 Å². The second-order valence-electron chi connectivity index (χ2n) is 5.13. The number of nitrogens with two attached hydrogens (primary N) is 1. The maximum absolute atomic E-state index is 5.99. The SMILES string of the molecule is COc1ccc(CSc2nnc(N/N=C/c3ccc(C)o3)n2N)cc1. The number of ether oxygens (including phenoxy) is 1. The van der Waals surface area contributed by atoms with Gasteiger partial charge in [-0.05, 0) is 36.8 Å². The first kappa shape index (κ1) is 16.9. The zero-order valence-corrected chi connectivity index (χ0v) is 14.7. The largest absolute Gasteiger partial charge is 0.497 e. The number of hydrogen-bond donors (Lipinski definition) is 2. The van der Waals surface area contributed by atoms with E-state index in [-0.39, 0.29) is 0 Å². The van der Waals surface area contributed by atoms with Gasteiger partial charge in [0.1, 0.15) is 17.3 Å². The summed E-state index contributed by atoms with van der Waals surface area (Å²) in [6, 6.07) is 11.5. The van der Waals surface area contributed by atoms with Crippen molar-refractivity contribution < 1.29 is 9.15 Å². The molecule has 9 heteroatoms. The number of anilines is 1. The zero-order valence-electron chi connectivity index (χ0n) is 13.8. The van der Waals surface area contributed by atoms with E-state index in [0.717, 1.165) is 17.1 Å². The van der Waals surface area contributed by atoms with Crippen LogP contribution in [0.1, 0.15) is 17.1 Å². The maximum Gasteiger partial charge on any atom is 0.264 e. The zero-order chi connectivity index (χ0) is 17.6. The molecule has 0 aliphatic rings. The molecule has 0 spiro atoms. The van der Waals surface area contributed by atoms with E-state index < -0.39 is 0 Å². The van der Waals surface area contributed by atoms with Gasteiger partial charge in [-0.2, -0.15) is 5.10 Å². The quantitative estimate of drug-likeness (QED) is 0.290. The molecule has 0 aliphatic heterocycles. The Labute approximate surface area is 149 Å². The Morgan fingerprint density at radius 1 is 1.28 bits per heavy atom. The van der Waals surface area contributed by atoms with Gasteiger partial charge in [-0.25, -0.2) is 10.1 Å². The maximum atomic E-state index is 5.99. The summed E-state index contributed by atoms with van der Waals surface area (Å²) in [7, 11) is 1.64. The van der Waals surface area contributed by atoms with Crippen LogP contribution in [-0.2, 0) is 5.75 Å². The lowest BCUT2D eigenvalue weighted by Gasteiger charge is -2.04. The number of hydrogen-bond acceptors (Lipinski definition) is 8. The minimum Gasteiger partial charge on any atom is -0.497 e. The number of thioether (sulfide) groups is 1. The Bertz CT molecular complexity index is 856. The molecule has 25 heavy (non-hydrogen) atoms. The summed E-state index contributed by atoms with van der Waals surface area (Å²) in [5, 5.41) is 12.7. The second-order valence-corrected chi connectivity index (χ2v) is 6.07. The number of nitrogens with zero attached hydrogens (tertiary/aromatic N) is 4. The predicted molar refractivity (Wildman–Crippen MR) is 97.4 cm³/mol. The molecule has 0 aliphatic carbocycles. The lowest BCUT2D eigenvalue weighted by Crippen LogP contribution is -2.13. The molecule has 8 nitrogen and oxygen atoms in total. The molecule has 3 aromatic rings. The molecule has 2 aromatic heterocycles. The smallest absolute Gasteiger partial charge is 0.264 e. The van der Waals surface area contributed by atoms with Crippen LogP contribution in [0, 0.1) is 6.92 Å². The fourth-order valence-corrected chi connectivity index (χ4v) is 2.81. The van der Waals surface area contributed by atoms with Crippen LogP contribution in [0.2, 0.25) is 0 Å². The predicted octanol–water partition coefficient (Wildman–Crippen LogP) is 2.64. The van der Waals surface area contributed by atoms with Crippen LogP contribution in [-0.4, -0.2) is 28.2 Å². The van der Waals surface area contributed by atoms with Crippen molar-refractivity contribution in [2.75, 3.05) is 18.4 Å². The van der Waals surface area contributed by atoms with Crippen molar-refractivity contribution in [2.24, 2.45) is 5.10 Å². The summed E-state index contributed by atoms with van der Waals surface area (Å²) in [5.41, 5.74) is 3.88. The number of furan rings is 1. The highest BCUT2D eigenvalue weighted by Gasteiger charge is 2.09. The highest BCUT2D eigenvalue weighted by Crippen LogP contribution is 2.23. The molecule has 2 heterocycles. The summed E-state index contributed by atoms with van der Waals surface area (Å²) < 4.78 is 11.9. The Morgan fingerprint density at radius 2 is 2.08 bits per heavy atom. The van der Waals surface area contributed by atoms with E-state index in [1.54, 1.807) is 13.3 Å². The van der Waals surface area contributed by atoms with Crippen molar-refractivity contribution in [2.45, 2.75) is 17.8 Å². The van der Waals surface area contributed by atoms with Crippen LogP contribution >= 0.6 is 11.8 Å². The molecular weight excluding hydrogens is 340 g/mol. The molecule has 0 saturated carbocycles. The minimum atomic E-state index is 0.344. The van der Waals surface area contributed by atoms with Crippen molar-refractivity contribution >= 4 is 23.9 Å². The third-order valence-corrected chi connectivity index (χ3v) is 4.32. The van der Waals surface area contributed by atoms with Gasteiger partial charge in [-0.1, -0.05) is 23.9 Å². The van der Waals surface area contributed by atoms with Crippen molar-refractivity contribution in [3.63, 3.8) is 0 Å². The van der Waals surface area contributed by atoms with Crippen molar-refractivity contribution in [1.29, 1.82) is 0 Å². The molecule has 0 unspecified atom stereocenters. The number of benzene rings is 1. The summed E-state index contributed by atoms with van der Waals surface area (Å²) in [4.78, 5) is 0. The van der Waals surface area contributed by atoms with Gasteiger partial charge in [-0.15, -0.1) is 10.2 Å². The average molecular weight is 358 g/mol. The summed E-state index contributed by atoms with van der Waals surface area (Å²) in [6.45, 7) is 1.87. The van der Waals surface area contributed by atoms with Gasteiger partial charge in [0.2, 0.25) is 5.16 Å². The highest BCUT2D eigenvalue weighted by atomic mass is 32.2. The van der Waals surface area contributed by atoms with E-state index in [0.29, 0.717) is 22.6 Å². The molecule has 0 saturated heterocycles. The number of hydrazone groups is 1. The van der Waals surface area contributed by atoms with E-state index >= 15 is 0 Å². The lowest BCUT2D eigenvalue weighted by atomic mass is 10.2. The molecule has 0 atom stereocenters. The molecule has 0 fully saturated rings. The number of aromatic nitrogens is 3. The van der Waals surface area contributed by atoms with Crippen LogP contribution in [0.15, 0.2) is 51.1 Å². The molecule has 3 N–H and O–H groups in total. The first-order valence-corrected chi connectivity index (χ1v) is 8.46. The van der Waals surface area contributed by atoms with Crippen LogP contribution in [0.4, 0.5) is 5.95 Å². The van der Waals surface area contributed by atoms with Gasteiger partial charge in [0, 0.05) is 5.75 Å². The van der Waals surface area contributed by atoms with E-state index in [9.17, 15) is 0 Å². The number of nitrogens with one attached hydrogen (secondary N) is 1. The summed E-state index contributed by atoms with van der Waals surface area (Å²) in [6.07, 6.45) is 1.55. The molecule has 0 amide bonds. The fraction of sp³-hybridized carbons (Fsp3) is 0.188. The average Bonchev–Trinajstić information content (AvgIpc) is 3.20. The summed E-state index contributed by atoms with van der Waals surface area (Å²) in [5.74, 6) is 9.34. The fourth-order valence-electron chi connectivity index (χ4n) is 2.00. The van der Waals surface area contributed by atoms with Gasteiger partial charge in [-0.3, -0.25) is 0 Å². The standard InChI is InChI=1S/C16H18N6O2S/c1-11-3-6-14(24-11)9-18-19-15-20-21-16(22(15)17)25-10-12-4-7-13(23-2)8-5-12/h3-9H,10,17H2,1-2H3,(H,19,20)/b18-9+. The lowest BCUT2D eigenvalue weighted by molar-refractivity contribution is 0.414. The van der Waals surface area contributed by atoms with Gasteiger partial charge < -0.3 is 15.0 Å². The first-order chi connectivity index (χ1) is 12.2. The van der Waals surface area contributed by atoms with E-state index in [4.69, 9.17) is 15.0 Å². The third-order valence-electron chi connectivity index (χ3n) is 3.31. The van der Waals surface area contributed by atoms with Crippen LogP contribution in [0.5, 0.6) is 5.75 Å². The third kappa shape index (κ3) is 4.32. The van der Waals surface area contributed by atoms with Crippen LogP contribution < -0.4 is 16.0 Å². The minimum absolute atomic E-state index is 0.344. The molecule has 0 radical (unpaired) electrons. The Morgan fingerprint density at radius 3 is 2.76 bits per heavy atom. The first-order valence-electron chi connectivity index (χ1n) is 7.47. The molecule has 0 bridgehead atoms. The van der Waals surface area contributed by atoms with Crippen molar-refractivity contribution in [1.82, 2.24) is 14.9 Å². The van der Waals surface area contributed by atoms with Crippen molar-refractivity contribution in [3.05, 3.63) is 53.5 Å². The van der Waals surface area contributed by atoms with Gasteiger partial charge in [0.25, 0.3) is 5.95 Å². The van der Waals surface area contributed by atoms with E-state index in [1.165, 1.54) is 16.4 Å². The highest BCUT2D eigenvalue weighted by molar-refractivity contribution is 7.98. The molecule has 130 valence electrons. The van der Waals surface area contributed by atoms with Crippen molar-refractivity contribution in [3.8, 4) is 5.75 Å². The Balaban J connectivity index is 1.57. The van der Waals surface area contributed by atoms with E-state index in [2.05, 4.69) is 20.7 Å². The number of nitrogen functional groups attached to an aromatic ring is 1. The van der Waals surface area contributed by atoms with Gasteiger partial charge in [0.05, 0.1) is 13.3 Å². The van der Waals surface area contributed by atoms with Gasteiger partial charge >= 0.3 is 0 Å². The Hall–Kier alpha value is -2.94. The molecular formula is C16H18N6O2S. The Kier molecular flexibility index (Phi) is 5.24. The second kappa shape index (κ2) is 7.75. The number of methoxy groups -OCH3 is 1. The molecule has 3 rings (SSSR count). The number of aryl methyl sites for hydroxylation is 1. The molecule has 1 aromatic carbocycles. The van der Waals surface area contributed by atoms with Crippen LogP contribution in [0.25, 0.3) is 0 Å². The summed E-state index contributed by atoms with van der Waals surface area (Å²) >= 11 is 1.48. The normalized spacial score (nSPS) is 11.1. The monoisotopic (exact) mass is 358 g/mol. The number of rotatable bonds is 7. The van der Waals surface area contributed by atoms with E-state index in [1.807, 2.05) is 43.3 Å². The van der Waals surface area contributed by atoms with Gasteiger partial charge in [0.15, 0.2) is 0 Å².